The van der Waals surface area contributed by atoms with Gasteiger partial charge < -0.3 is 10.6 Å². The summed E-state index contributed by atoms with van der Waals surface area (Å²) < 4.78 is 0. The molecule has 21 heavy (non-hydrogen) atoms. The minimum absolute atomic E-state index is 0.253. The molecule has 2 aromatic rings. The van der Waals surface area contributed by atoms with Crippen molar-refractivity contribution in [2.45, 2.75) is 19.9 Å². The van der Waals surface area contributed by atoms with Gasteiger partial charge in [-0.25, -0.2) is 4.98 Å². The van der Waals surface area contributed by atoms with Gasteiger partial charge in [-0.3, -0.25) is 4.79 Å². The number of hydrogen-bond acceptors (Lipinski definition) is 5. The van der Waals surface area contributed by atoms with Crippen molar-refractivity contribution in [2.75, 3.05) is 11.9 Å². The zero-order valence-electron chi connectivity index (χ0n) is 11.6. The topological polar surface area (TPSA) is 79.8 Å². The third kappa shape index (κ3) is 4.39. The number of carbonyl (C=O) groups excluding carboxylic acids is 1. The first-order chi connectivity index (χ1) is 10.2. The molecule has 2 aromatic heterocycles. The second kappa shape index (κ2) is 7.54. The molecular formula is C14H16ClN5O. The third-order valence-corrected chi connectivity index (χ3v) is 2.99. The molecule has 110 valence electrons. The molecule has 0 aliphatic carbocycles. The lowest BCUT2D eigenvalue weighted by Gasteiger charge is -2.08. The van der Waals surface area contributed by atoms with E-state index < -0.39 is 0 Å². The van der Waals surface area contributed by atoms with E-state index in [4.69, 9.17) is 11.6 Å². The second-order valence-corrected chi connectivity index (χ2v) is 4.79. The number of aromatic nitrogens is 3. The van der Waals surface area contributed by atoms with Gasteiger partial charge in [-0.2, -0.15) is 10.2 Å². The number of anilines is 1. The first-order valence-electron chi connectivity index (χ1n) is 6.65. The Morgan fingerprint density at radius 1 is 1.43 bits per heavy atom. The predicted molar refractivity (Wildman–Crippen MR) is 81.2 cm³/mol. The zero-order chi connectivity index (χ0) is 15.1. The standard InChI is InChI=1S/C14H16ClN5O/c1-2-5-16-13-12(15)7-10(8-17-13)14(21)18-9-11-4-3-6-19-20-11/h3-4,6-8H,2,5,9H2,1H3,(H,16,17)(H,18,21). The fraction of sp³-hybridized carbons (Fsp3) is 0.286. The summed E-state index contributed by atoms with van der Waals surface area (Å²) in [6.07, 6.45) is 4.05. The molecule has 0 bridgehead atoms. The summed E-state index contributed by atoms with van der Waals surface area (Å²) >= 11 is 6.10. The van der Waals surface area contributed by atoms with Crippen molar-refractivity contribution in [1.29, 1.82) is 0 Å². The maximum atomic E-state index is 12.0. The Balaban J connectivity index is 1.98. The van der Waals surface area contributed by atoms with Crippen molar-refractivity contribution < 1.29 is 4.79 Å². The van der Waals surface area contributed by atoms with E-state index in [0.29, 0.717) is 28.6 Å². The highest BCUT2D eigenvalue weighted by Crippen LogP contribution is 2.20. The molecule has 0 aliphatic heterocycles. The molecule has 0 saturated heterocycles. The average molecular weight is 306 g/mol. The Labute approximate surface area is 128 Å². The van der Waals surface area contributed by atoms with E-state index in [1.807, 2.05) is 0 Å². The first-order valence-corrected chi connectivity index (χ1v) is 7.02. The summed E-state index contributed by atoms with van der Waals surface area (Å²) in [6, 6.07) is 5.15. The van der Waals surface area contributed by atoms with E-state index in [9.17, 15) is 4.79 Å². The van der Waals surface area contributed by atoms with E-state index in [1.165, 1.54) is 6.20 Å². The summed E-state index contributed by atoms with van der Waals surface area (Å²) in [6.45, 7) is 3.14. The van der Waals surface area contributed by atoms with Crippen LogP contribution in [0, 0.1) is 0 Å². The number of carbonyl (C=O) groups is 1. The van der Waals surface area contributed by atoms with Crippen LogP contribution in [0.1, 0.15) is 29.4 Å². The van der Waals surface area contributed by atoms with Gasteiger partial charge in [-0.05, 0) is 24.6 Å². The van der Waals surface area contributed by atoms with Crippen LogP contribution in [0.15, 0.2) is 30.6 Å². The molecule has 0 aliphatic rings. The van der Waals surface area contributed by atoms with Crippen molar-refractivity contribution in [1.82, 2.24) is 20.5 Å². The molecule has 0 saturated carbocycles. The molecule has 2 heterocycles. The normalized spacial score (nSPS) is 10.2. The molecular weight excluding hydrogens is 290 g/mol. The fourth-order valence-corrected chi connectivity index (χ4v) is 1.87. The van der Waals surface area contributed by atoms with E-state index in [2.05, 4.69) is 32.7 Å². The Hall–Kier alpha value is -2.21. The van der Waals surface area contributed by atoms with Crippen LogP contribution in [-0.2, 0) is 6.54 Å². The maximum absolute atomic E-state index is 12.0. The molecule has 0 fully saturated rings. The van der Waals surface area contributed by atoms with Crippen LogP contribution in [0.4, 0.5) is 5.82 Å². The number of hydrogen-bond donors (Lipinski definition) is 2. The number of amides is 1. The van der Waals surface area contributed by atoms with Crippen LogP contribution in [0.2, 0.25) is 5.02 Å². The minimum atomic E-state index is -0.253. The number of nitrogens with zero attached hydrogens (tertiary/aromatic N) is 3. The first kappa shape index (κ1) is 15.2. The van der Waals surface area contributed by atoms with Crippen molar-refractivity contribution in [3.8, 4) is 0 Å². The highest BCUT2D eigenvalue weighted by Gasteiger charge is 2.10. The molecule has 2 rings (SSSR count). The van der Waals surface area contributed by atoms with Crippen molar-refractivity contribution >= 4 is 23.3 Å². The van der Waals surface area contributed by atoms with Crippen molar-refractivity contribution in [3.63, 3.8) is 0 Å². The van der Waals surface area contributed by atoms with Crippen LogP contribution >= 0.6 is 11.6 Å². The Morgan fingerprint density at radius 2 is 2.29 bits per heavy atom. The molecule has 0 aromatic carbocycles. The van der Waals surface area contributed by atoms with E-state index in [-0.39, 0.29) is 5.91 Å². The second-order valence-electron chi connectivity index (χ2n) is 4.38. The van der Waals surface area contributed by atoms with Gasteiger partial charge in [0.15, 0.2) is 0 Å². The van der Waals surface area contributed by atoms with Gasteiger partial charge in [0.05, 0.1) is 22.8 Å². The maximum Gasteiger partial charge on any atom is 0.253 e. The summed E-state index contributed by atoms with van der Waals surface area (Å²) in [5, 5.41) is 13.9. The predicted octanol–water partition coefficient (Wildman–Crippen LogP) is 2.28. The Bertz CT molecular complexity index is 606. The van der Waals surface area contributed by atoms with Crippen LogP contribution in [0.5, 0.6) is 0 Å². The van der Waals surface area contributed by atoms with Crippen LogP contribution in [0.25, 0.3) is 0 Å². The van der Waals surface area contributed by atoms with Gasteiger partial charge in [0.1, 0.15) is 5.82 Å². The van der Waals surface area contributed by atoms with E-state index in [0.717, 1.165) is 13.0 Å². The van der Waals surface area contributed by atoms with Gasteiger partial charge >= 0.3 is 0 Å². The van der Waals surface area contributed by atoms with Gasteiger partial charge in [0.25, 0.3) is 5.91 Å². The van der Waals surface area contributed by atoms with Gasteiger partial charge in [0, 0.05) is 18.9 Å². The number of rotatable bonds is 6. The van der Waals surface area contributed by atoms with Gasteiger partial charge in [-0.1, -0.05) is 18.5 Å². The zero-order valence-corrected chi connectivity index (χ0v) is 12.4. The molecule has 6 nitrogen and oxygen atoms in total. The van der Waals surface area contributed by atoms with Crippen LogP contribution in [0.3, 0.4) is 0 Å². The summed E-state index contributed by atoms with van der Waals surface area (Å²) in [5.74, 6) is 0.334. The summed E-state index contributed by atoms with van der Waals surface area (Å²) in [5.41, 5.74) is 1.09. The smallest absolute Gasteiger partial charge is 0.253 e. The largest absolute Gasteiger partial charge is 0.369 e. The molecule has 0 unspecified atom stereocenters. The Morgan fingerprint density at radius 3 is 2.95 bits per heavy atom. The Kier molecular flexibility index (Phi) is 5.45. The number of pyridine rings is 1. The van der Waals surface area contributed by atoms with Crippen molar-refractivity contribution in [2.24, 2.45) is 0 Å². The molecule has 0 radical (unpaired) electrons. The quantitative estimate of drug-likeness (QED) is 0.856. The highest BCUT2D eigenvalue weighted by molar-refractivity contribution is 6.33. The van der Waals surface area contributed by atoms with Crippen LogP contribution in [-0.4, -0.2) is 27.6 Å². The fourth-order valence-electron chi connectivity index (χ4n) is 1.64. The molecule has 7 heteroatoms. The third-order valence-electron chi connectivity index (χ3n) is 2.70. The summed E-state index contributed by atoms with van der Waals surface area (Å²) in [7, 11) is 0. The monoisotopic (exact) mass is 305 g/mol. The highest BCUT2D eigenvalue weighted by atomic mass is 35.5. The molecule has 2 N–H and O–H groups in total. The van der Waals surface area contributed by atoms with E-state index in [1.54, 1.807) is 24.4 Å². The average Bonchev–Trinajstić information content (AvgIpc) is 2.52. The van der Waals surface area contributed by atoms with Crippen molar-refractivity contribution in [3.05, 3.63) is 46.9 Å². The number of halogens is 1. The summed E-state index contributed by atoms with van der Waals surface area (Å²) in [4.78, 5) is 16.2. The lowest BCUT2D eigenvalue weighted by Crippen LogP contribution is -2.23. The lowest BCUT2D eigenvalue weighted by molar-refractivity contribution is 0.0950. The van der Waals surface area contributed by atoms with Gasteiger partial charge in [-0.15, -0.1) is 0 Å². The SMILES string of the molecule is CCCNc1ncc(C(=O)NCc2cccnn2)cc1Cl. The lowest BCUT2D eigenvalue weighted by atomic mass is 10.2. The van der Waals surface area contributed by atoms with E-state index >= 15 is 0 Å². The van der Waals surface area contributed by atoms with Crippen LogP contribution < -0.4 is 10.6 Å². The molecule has 0 atom stereocenters. The molecule has 1 amide bonds. The number of nitrogens with one attached hydrogen (secondary N) is 2. The molecule has 0 spiro atoms. The minimum Gasteiger partial charge on any atom is -0.369 e. The van der Waals surface area contributed by atoms with Gasteiger partial charge in [0.2, 0.25) is 0 Å².